The molecule has 2 N–H and O–H groups in total. The third-order valence-electron chi connectivity index (χ3n) is 3.51. The molecule has 0 amide bonds. The number of thiophene rings is 1. The fourth-order valence-corrected chi connectivity index (χ4v) is 4.20. The van der Waals surface area contributed by atoms with Gasteiger partial charge in [-0.25, -0.2) is 0 Å². The fourth-order valence-electron chi connectivity index (χ4n) is 2.59. The molecule has 1 fully saturated rings. The number of hydrogen-bond acceptors (Lipinski definition) is 4. The van der Waals surface area contributed by atoms with Crippen LogP contribution >= 0.6 is 27.3 Å². The van der Waals surface area contributed by atoms with Gasteiger partial charge in [-0.05, 0) is 40.8 Å². The molecule has 1 aliphatic heterocycles. The zero-order valence-electron chi connectivity index (χ0n) is 10.4. The van der Waals surface area contributed by atoms with E-state index in [1.165, 1.54) is 10.0 Å². The minimum atomic E-state index is 0.347. The first kappa shape index (κ1) is 13.5. The van der Waals surface area contributed by atoms with Crippen LogP contribution in [0.5, 0.6) is 0 Å². The molecule has 0 bridgehead atoms. The zero-order chi connectivity index (χ0) is 12.4. The molecule has 17 heavy (non-hydrogen) atoms. The van der Waals surface area contributed by atoms with Crippen molar-refractivity contribution in [2.24, 2.45) is 5.73 Å². The van der Waals surface area contributed by atoms with Crippen molar-refractivity contribution in [3.8, 4) is 0 Å². The lowest BCUT2D eigenvalue weighted by molar-refractivity contribution is 0.0635. The molecular weight excluding hydrogens is 298 g/mol. The first-order valence-corrected chi connectivity index (χ1v) is 7.73. The molecule has 3 nitrogen and oxygen atoms in total. The highest BCUT2D eigenvalue weighted by Gasteiger charge is 2.29. The smallest absolute Gasteiger partial charge is 0.0493 e. The topological polar surface area (TPSA) is 32.5 Å². The first-order chi connectivity index (χ1) is 8.13. The van der Waals surface area contributed by atoms with Crippen LogP contribution in [0.25, 0.3) is 0 Å². The molecule has 0 radical (unpaired) electrons. The number of piperazine rings is 1. The molecule has 96 valence electrons. The quantitative estimate of drug-likeness (QED) is 0.927. The maximum absolute atomic E-state index is 5.99. The van der Waals surface area contributed by atoms with E-state index in [0.717, 1.165) is 19.6 Å². The van der Waals surface area contributed by atoms with Gasteiger partial charge in [-0.3, -0.25) is 4.90 Å². The third kappa shape index (κ3) is 2.90. The van der Waals surface area contributed by atoms with E-state index in [0.29, 0.717) is 18.6 Å². The van der Waals surface area contributed by atoms with Gasteiger partial charge in [-0.15, -0.1) is 0 Å². The standard InChI is InChI=1S/C12H20BrN3S/c1-9-6-15(2)3-4-16(9)12(5-14)10-7-17-8-11(10)13/h7-9,12H,3-6,14H2,1-2H3. The highest BCUT2D eigenvalue weighted by Crippen LogP contribution is 2.32. The van der Waals surface area contributed by atoms with E-state index in [4.69, 9.17) is 5.73 Å². The van der Waals surface area contributed by atoms with E-state index in [9.17, 15) is 0 Å². The molecule has 2 heterocycles. The molecule has 2 unspecified atom stereocenters. The summed E-state index contributed by atoms with van der Waals surface area (Å²) in [6, 6.07) is 0.911. The second-order valence-corrected chi connectivity index (χ2v) is 6.37. The fraction of sp³-hybridized carbons (Fsp3) is 0.667. The second kappa shape index (κ2) is 5.80. The monoisotopic (exact) mass is 317 g/mol. The van der Waals surface area contributed by atoms with Gasteiger partial charge in [0.1, 0.15) is 0 Å². The summed E-state index contributed by atoms with van der Waals surface area (Å²) in [4.78, 5) is 4.92. The van der Waals surface area contributed by atoms with Gasteiger partial charge in [0.05, 0.1) is 0 Å². The van der Waals surface area contributed by atoms with E-state index >= 15 is 0 Å². The van der Waals surface area contributed by atoms with Crippen molar-refractivity contribution in [1.29, 1.82) is 0 Å². The Morgan fingerprint density at radius 1 is 1.53 bits per heavy atom. The van der Waals surface area contributed by atoms with Gasteiger partial charge in [0.25, 0.3) is 0 Å². The number of rotatable bonds is 3. The summed E-state index contributed by atoms with van der Waals surface area (Å²) in [5, 5.41) is 4.35. The minimum Gasteiger partial charge on any atom is -0.329 e. The summed E-state index contributed by atoms with van der Waals surface area (Å²) in [5.41, 5.74) is 7.33. The number of nitrogens with two attached hydrogens (primary N) is 1. The Bertz CT molecular complexity index is 368. The van der Waals surface area contributed by atoms with Crippen LogP contribution in [-0.4, -0.2) is 49.1 Å². The lowest BCUT2D eigenvalue weighted by atomic mass is 10.0. The van der Waals surface area contributed by atoms with Gasteiger partial charge in [-0.2, -0.15) is 11.3 Å². The summed E-state index contributed by atoms with van der Waals surface area (Å²) in [5.74, 6) is 0. The molecular formula is C12H20BrN3S. The minimum absolute atomic E-state index is 0.347. The summed E-state index contributed by atoms with van der Waals surface area (Å²) < 4.78 is 1.20. The van der Waals surface area contributed by atoms with Crippen molar-refractivity contribution in [3.63, 3.8) is 0 Å². The molecule has 0 saturated carbocycles. The largest absolute Gasteiger partial charge is 0.329 e. The molecule has 1 aromatic heterocycles. The van der Waals surface area contributed by atoms with Crippen LogP contribution in [0.1, 0.15) is 18.5 Å². The van der Waals surface area contributed by atoms with Gasteiger partial charge in [0.15, 0.2) is 0 Å². The summed E-state index contributed by atoms with van der Waals surface area (Å²) in [7, 11) is 2.19. The van der Waals surface area contributed by atoms with Gasteiger partial charge < -0.3 is 10.6 Å². The van der Waals surface area contributed by atoms with E-state index in [1.54, 1.807) is 11.3 Å². The average molecular weight is 318 g/mol. The van der Waals surface area contributed by atoms with Crippen LogP contribution in [0.15, 0.2) is 15.2 Å². The van der Waals surface area contributed by atoms with Crippen molar-refractivity contribution < 1.29 is 0 Å². The third-order valence-corrected chi connectivity index (χ3v) is 5.26. The molecule has 1 aliphatic rings. The molecule has 1 aromatic rings. The Hall–Kier alpha value is 0.0600. The first-order valence-electron chi connectivity index (χ1n) is 5.99. The van der Waals surface area contributed by atoms with Gasteiger partial charge in [0, 0.05) is 48.1 Å². The van der Waals surface area contributed by atoms with Gasteiger partial charge >= 0.3 is 0 Å². The molecule has 1 saturated heterocycles. The van der Waals surface area contributed by atoms with Crippen molar-refractivity contribution >= 4 is 27.3 Å². The Balaban J connectivity index is 2.16. The van der Waals surface area contributed by atoms with Crippen LogP contribution in [0, 0.1) is 0 Å². The lowest BCUT2D eigenvalue weighted by Crippen LogP contribution is -2.52. The van der Waals surface area contributed by atoms with E-state index < -0.39 is 0 Å². The Labute approximate surface area is 116 Å². The number of nitrogens with zero attached hydrogens (tertiary/aromatic N) is 2. The van der Waals surface area contributed by atoms with Crippen LogP contribution in [0.2, 0.25) is 0 Å². The van der Waals surface area contributed by atoms with E-state index in [-0.39, 0.29) is 0 Å². The van der Waals surface area contributed by atoms with Crippen LogP contribution < -0.4 is 5.73 Å². The predicted molar refractivity (Wildman–Crippen MR) is 77.5 cm³/mol. The molecule has 0 aliphatic carbocycles. The van der Waals surface area contributed by atoms with Gasteiger partial charge in [-0.1, -0.05) is 0 Å². The van der Waals surface area contributed by atoms with Crippen LogP contribution in [-0.2, 0) is 0 Å². The second-order valence-electron chi connectivity index (χ2n) is 4.78. The summed E-state index contributed by atoms with van der Waals surface area (Å²) in [6.07, 6.45) is 0. The predicted octanol–water partition coefficient (Wildman–Crippen LogP) is 2.15. The van der Waals surface area contributed by atoms with Gasteiger partial charge in [0.2, 0.25) is 0 Å². The summed E-state index contributed by atoms with van der Waals surface area (Å²) in [6.45, 7) is 6.32. The van der Waals surface area contributed by atoms with Crippen LogP contribution in [0.3, 0.4) is 0 Å². The normalized spacial score (nSPS) is 25.1. The van der Waals surface area contributed by atoms with Crippen molar-refractivity contribution in [2.45, 2.75) is 19.0 Å². The highest BCUT2D eigenvalue weighted by atomic mass is 79.9. The Kier molecular flexibility index (Phi) is 4.60. The van der Waals surface area contributed by atoms with Crippen molar-refractivity contribution in [1.82, 2.24) is 9.80 Å². The number of hydrogen-bond donors (Lipinski definition) is 1. The molecule has 2 atom stereocenters. The lowest BCUT2D eigenvalue weighted by Gasteiger charge is -2.42. The molecule has 2 rings (SSSR count). The van der Waals surface area contributed by atoms with E-state index in [1.807, 2.05) is 0 Å². The molecule has 5 heteroatoms. The number of halogens is 1. The zero-order valence-corrected chi connectivity index (χ0v) is 12.8. The van der Waals surface area contributed by atoms with Crippen LogP contribution in [0.4, 0.5) is 0 Å². The van der Waals surface area contributed by atoms with Crippen molar-refractivity contribution in [2.75, 3.05) is 33.2 Å². The molecule has 0 spiro atoms. The molecule has 0 aromatic carbocycles. The van der Waals surface area contributed by atoms with Crippen molar-refractivity contribution in [3.05, 3.63) is 20.8 Å². The Morgan fingerprint density at radius 2 is 2.29 bits per heavy atom. The van der Waals surface area contributed by atoms with E-state index in [2.05, 4.69) is 50.5 Å². The Morgan fingerprint density at radius 3 is 2.82 bits per heavy atom. The number of likely N-dealkylation sites (N-methyl/N-ethyl adjacent to an activating group) is 1. The SMILES string of the molecule is CC1CN(C)CCN1C(CN)c1cscc1Br. The maximum atomic E-state index is 5.99. The average Bonchev–Trinajstić information content (AvgIpc) is 2.69. The maximum Gasteiger partial charge on any atom is 0.0493 e. The summed E-state index contributed by atoms with van der Waals surface area (Å²) >= 11 is 5.36. The highest BCUT2D eigenvalue weighted by molar-refractivity contribution is 9.10.